The van der Waals surface area contributed by atoms with Crippen molar-refractivity contribution in [3.8, 4) is 5.75 Å². The molecule has 0 spiro atoms. The van der Waals surface area contributed by atoms with E-state index in [1.807, 2.05) is 19.2 Å². The van der Waals surface area contributed by atoms with Gasteiger partial charge in [-0.15, -0.1) is 0 Å². The molecule has 1 aliphatic heterocycles. The second-order valence-corrected chi connectivity index (χ2v) is 5.55. The highest BCUT2D eigenvalue weighted by Gasteiger charge is 2.17. The van der Waals surface area contributed by atoms with Crippen molar-refractivity contribution in [2.75, 3.05) is 20.3 Å². The highest BCUT2D eigenvalue weighted by Crippen LogP contribution is 2.29. The fraction of sp³-hybridized carbons (Fsp3) is 0.571. The van der Waals surface area contributed by atoms with Crippen LogP contribution >= 0.6 is 15.9 Å². The molecular formula is C14H20BrNO2. The smallest absolute Gasteiger partial charge is 0.125 e. The third-order valence-corrected chi connectivity index (χ3v) is 3.82. The first-order valence-corrected chi connectivity index (χ1v) is 7.21. The van der Waals surface area contributed by atoms with Crippen LogP contribution < -0.4 is 10.1 Å². The zero-order valence-electron chi connectivity index (χ0n) is 10.9. The standard InChI is InChI=1S/C14H20BrNO2/c1-10(16-2)13-6-5-11(15)8-14(13)18-9-12-4-3-7-17-12/h5-6,8,10,12,16H,3-4,7,9H2,1-2H3. The van der Waals surface area contributed by atoms with Crippen molar-refractivity contribution in [1.82, 2.24) is 5.32 Å². The maximum absolute atomic E-state index is 5.93. The summed E-state index contributed by atoms with van der Waals surface area (Å²) in [5, 5.41) is 3.24. The van der Waals surface area contributed by atoms with Gasteiger partial charge in [0, 0.05) is 22.7 Å². The van der Waals surface area contributed by atoms with Gasteiger partial charge in [0.1, 0.15) is 12.4 Å². The van der Waals surface area contributed by atoms with Crippen molar-refractivity contribution in [1.29, 1.82) is 0 Å². The lowest BCUT2D eigenvalue weighted by atomic mass is 10.1. The molecule has 18 heavy (non-hydrogen) atoms. The molecule has 0 bridgehead atoms. The SMILES string of the molecule is CNC(C)c1ccc(Br)cc1OCC1CCCO1. The summed E-state index contributed by atoms with van der Waals surface area (Å²) in [6.07, 6.45) is 2.50. The first kappa shape index (κ1) is 13.8. The minimum absolute atomic E-state index is 0.252. The van der Waals surface area contributed by atoms with E-state index in [2.05, 4.69) is 34.2 Å². The molecule has 1 aromatic carbocycles. The van der Waals surface area contributed by atoms with Crippen LogP contribution in [0, 0.1) is 0 Å². The lowest BCUT2D eigenvalue weighted by Gasteiger charge is -2.18. The zero-order valence-corrected chi connectivity index (χ0v) is 12.5. The van der Waals surface area contributed by atoms with Crippen molar-refractivity contribution < 1.29 is 9.47 Å². The van der Waals surface area contributed by atoms with Gasteiger partial charge in [0.15, 0.2) is 0 Å². The minimum atomic E-state index is 0.252. The highest BCUT2D eigenvalue weighted by molar-refractivity contribution is 9.10. The van der Waals surface area contributed by atoms with E-state index in [9.17, 15) is 0 Å². The molecular weight excluding hydrogens is 294 g/mol. The number of ether oxygens (including phenoxy) is 2. The molecule has 2 atom stereocenters. The predicted molar refractivity (Wildman–Crippen MR) is 76.1 cm³/mol. The number of benzene rings is 1. The van der Waals surface area contributed by atoms with Crippen LogP contribution in [0.1, 0.15) is 31.4 Å². The summed E-state index contributed by atoms with van der Waals surface area (Å²) >= 11 is 3.49. The third kappa shape index (κ3) is 3.46. The van der Waals surface area contributed by atoms with Gasteiger partial charge < -0.3 is 14.8 Å². The molecule has 1 aromatic rings. The van der Waals surface area contributed by atoms with Gasteiger partial charge in [0.05, 0.1) is 6.10 Å². The maximum Gasteiger partial charge on any atom is 0.125 e. The van der Waals surface area contributed by atoms with Gasteiger partial charge in [0.25, 0.3) is 0 Å². The van der Waals surface area contributed by atoms with E-state index in [-0.39, 0.29) is 12.1 Å². The summed E-state index contributed by atoms with van der Waals surface area (Å²) in [5.74, 6) is 0.932. The second kappa shape index (κ2) is 6.55. The second-order valence-electron chi connectivity index (χ2n) is 4.64. The van der Waals surface area contributed by atoms with E-state index in [0.29, 0.717) is 6.61 Å². The molecule has 2 rings (SSSR count). The van der Waals surface area contributed by atoms with Crippen molar-refractivity contribution >= 4 is 15.9 Å². The first-order chi connectivity index (χ1) is 8.70. The van der Waals surface area contributed by atoms with Crippen LogP contribution in [0.25, 0.3) is 0 Å². The van der Waals surface area contributed by atoms with E-state index < -0.39 is 0 Å². The first-order valence-electron chi connectivity index (χ1n) is 6.42. The average Bonchev–Trinajstić information content (AvgIpc) is 2.88. The highest BCUT2D eigenvalue weighted by atomic mass is 79.9. The van der Waals surface area contributed by atoms with Gasteiger partial charge in [-0.05, 0) is 38.9 Å². The molecule has 0 radical (unpaired) electrons. The average molecular weight is 314 g/mol. The summed E-state index contributed by atoms with van der Waals surface area (Å²) in [6, 6.07) is 6.44. The van der Waals surface area contributed by atoms with Gasteiger partial charge >= 0.3 is 0 Å². The quantitative estimate of drug-likeness (QED) is 0.905. The molecule has 0 saturated carbocycles. The van der Waals surface area contributed by atoms with Gasteiger partial charge in [-0.2, -0.15) is 0 Å². The van der Waals surface area contributed by atoms with Crippen molar-refractivity contribution in [3.05, 3.63) is 28.2 Å². The Hall–Kier alpha value is -0.580. The van der Waals surface area contributed by atoms with Crippen molar-refractivity contribution in [3.63, 3.8) is 0 Å². The number of hydrogen-bond donors (Lipinski definition) is 1. The van der Waals surface area contributed by atoms with Crippen LogP contribution in [-0.2, 0) is 4.74 Å². The molecule has 1 saturated heterocycles. The molecule has 4 heteroatoms. The molecule has 1 aliphatic rings. The molecule has 1 N–H and O–H groups in total. The summed E-state index contributed by atoms with van der Waals surface area (Å²) in [5.41, 5.74) is 1.18. The molecule has 2 unspecified atom stereocenters. The van der Waals surface area contributed by atoms with Crippen LogP contribution in [0.15, 0.2) is 22.7 Å². The van der Waals surface area contributed by atoms with E-state index in [1.54, 1.807) is 0 Å². The normalized spacial score (nSPS) is 20.9. The summed E-state index contributed by atoms with van der Waals surface area (Å²) < 4.78 is 12.5. The zero-order chi connectivity index (χ0) is 13.0. The van der Waals surface area contributed by atoms with Crippen molar-refractivity contribution in [2.24, 2.45) is 0 Å². The Bertz CT molecular complexity index is 391. The van der Waals surface area contributed by atoms with Crippen LogP contribution in [0.2, 0.25) is 0 Å². The minimum Gasteiger partial charge on any atom is -0.490 e. The van der Waals surface area contributed by atoms with Gasteiger partial charge in [-0.25, -0.2) is 0 Å². The Morgan fingerprint density at radius 3 is 3.06 bits per heavy atom. The maximum atomic E-state index is 5.93. The topological polar surface area (TPSA) is 30.5 Å². The molecule has 1 heterocycles. The van der Waals surface area contributed by atoms with E-state index >= 15 is 0 Å². The van der Waals surface area contributed by atoms with E-state index in [4.69, 9.17) is 9.47 Å². The molecule has 100 valence electrons. The van der Waals surface area contributed by atoms with Gasteiger partial charge in [-0.1, -0.05) is 22.0 Å². The Morgan fingerprint density at radius 2 is 2.39 bits per heavy atom. The van der Waals surface area contributed by atoms with Gasteiger partial charge in [0.2, 0.25) is 0 Å². The fourth-order valence-electron chi connectivity index (χ4n) is 2.10. The number of halogens is 1. The Labute approximate surface area is 117 Å². The van der Waals surface area contributed by atoms with E-state index in [1.165, 1.54) is 5.56 Å². The molecule has 0 aliphatic carbocycles. The Morgan fingerprint density at radius 1 is 1.56 bits per heavy atom. The van der Waals surface area contributed by atoms with Crippen LogP contribution in [0.5, 0.6) is 5.75 Å². The molecule has 3 nitrogen and oxygen atoms in total. The van der Waals surface area contributed by atoms with Crippen LogP contribution in [0.4, 0.5) is 0 Å². The third-order valence-electron chi connectivity index (χ3n) is 3.32. The van der Waals surface area contributed by atoms with Crippen LogP contribution in [0.3, 0.4) is 0 Å². The summed E-state index contributed by atoms with van der Waals surface area (Å²) in [4.78, 5) is 0. The summed E-state index contributed by atoms with van der Waals surface area (Å²) in [7, 11) is 1.95. The predicted octanol–water partition coefficient (Wildman–Crippen LogP) is 3.29. The Balaban J connectivity index is 2.06. The Kier molecular flexibility index (Phi) is 5.03. The monoisotopic (exact) mass is 313 g/mol. The number of rotatable bonds is 5. The lowest BCUT2D eigenvalue weighted by molar-refractivity contribution is 0.0674. The molecule has 0 amide bonds. The molecule has 1 fully saturated rings. The largest absolute Gasteiger partial charge is 0.490 e. The molecule has 0 aromatic heterocycles. The van der Waals surface area contributed by atoms with Crippen molar-refractivity contribution in [2.45, 2.75) is 31.9 Å². The van der Waals surface area contributed by atoms with E-state index in [0.717, 1.165) is 29.7 Å². The fourth-order valence-corrected chi connectivity index (χ4v) is 2.45. The summed E-state index contributed by atoms with van der Waals surface area (Å²) in [6.45, 7) is 3.63. The van der Waals surface area contributed by atoms with Crippen LogP contribution in [-0.4, -0.2) is 26.4 Å². The number of nitrogens with one attached hydrogen (secondary N) is 1. The van der Waals surface area contributed by atoms with Gasteiger partial charge in [-0.3, -0.25) is 0 Å². The number of hydrogen-bond acceptors (Lipinski definition) is 3. The lowest BCUT2D eigenvalue weighted by Crippen LogP contribution is -2.19.